The third-order valence-electron chi connectivity index (χ3n) is 6.73. The molecule has 0 aliphatic rings. The number of anilines is 2. The predicted octanol–water partition coefficient (Wildman–Crippen LogP) is 3.98. The van der Waals surface area contributed by atoms with Gasteiger partial charge in [0.1, 0.15) is 29.1 Å². The average molecular weight is 571 g/mol. The summed E-state index contributed by atoms with van der Waals surface area (Å²) in [6.07, 6.45) is 5.87. The SMILES string of the molecule is Cc1ccn2nc(C(C)Nc3ncnc4[nH]cc(-c5cc(NS(C)(=O)=O)ccc5O)c34)n(-c3ccccc3)c(=O)c12. The minimum absolute atomic E-state index is 0.0548. The molecule has 0 amide bonds. The van der Waals surface area contributed by atoms with Gasteiger partial charge in [-0.1, -0.05) is 18.2 Å². The fraction of sp³-hybridized carbons (Fsp3) is 0.143. The van der Waals surface area contributed by atoms with Gasteiger partial charge >= 0.3 is 0 Å². The normalized spacial score (nSPS) is 12.6. The minimum atomic E-state index is -3.53. The third kappa shape index (κ3) is 4.76. The number of para-hydroxylation sites is 1. The Morgan fingerprint density at radius 1 is 1.05 bits per heavy atom. The highest BCUT2D eigenvalue weighted by Gasteiger charge is 2.22. The lowest BCUT2D eigenvalue weighted by Crippen LogP contribution is -2.29. The van der Waals surface area contributed by atoms with E-state index in [1.165, 1.54) is 24.5 Å². The summed E-state index contributed by atoms with van der Waals surface area (Å²) in [5.74, 6) is 0.827. The molecule has 4 N–H and O–H groups in total. The van der Waals surface area contributed by atoms with Gasteiger partial charge < -0.3 is 15.4 Å². The molecule has 12 nitrogen and oxygen atoms in total. The van der Waals surface area contributed by atoms with Gasteiger partial charge in [-0.2, -0.15) is 5.10 Å². The summed E-state index contributed by atoms with van der Waals surface area (Å²) in [6, 6.07) is 15.1. The first-order valence-corrected chi connectivity index (χ1v) is 14.6. The number of nitrogens with zero attached hydrogens (tertiary/aromatic N) is 5. The van der Waals surface area contributed by atoms with E-state index in [0.717, 1.165) is 11.8 Å². The lowest BCUT2D eigenvalue weighted by atomic mass is 10.0. The summed E-state index contributed by atoms with van der Waals surface area (Å²) in [5, 5.41) is 19.5. The van der Waals surface area contributed by atoms with Crippen molar-refractivity contribution in [3.05, 3.63) is 95.1 Å². The Bertz CT molecular complexity index is 2100. The molecule has 0 aliphatic heterocycles. The van der Waals surface area contributed by atoms with Crippen molar-refractivity contribution in [1.29, 1.82) is 0 Å². The monoisotopic (exact) mass is 570 g/mol. The Morgan fingerprint density at radius 3 is 2.59 bits per heavy atom. The van der Waals surface area contributed by atoms with Crippen molar-refractivity contribution in [2.45, 2.75) is 19.9 Å². The van der Waals surface area contributed by atoms with E-state index >= 15 is 0 Å². The standard InChI is InChI=1S/C28H26N8O4S/c1-16-11-12-35-24(16)28(38)36(19-7-5-4-6-8-19)27(33-35)17(2)32-26-23-21(14-29-25(23)30-15-31-26)20-13-18(9-10-22(20)37)34-41(3,39)40/h4-15,17,34,37H,1-3H3,(H2,29,30,31,32). The maximum Gasteiger partial charge on any atom is 0.282 e. The van der Waals surface area contributed by atoms with Crippen molar-refractivity contribution in [2.75, 3.05) is 16.3 Å². The zero-order valence-electron chi connectivity index (χ0n) is 22.3. The van der Waals surface area contributed by atoms with Crippen LogP contribution in [-0.4, -0.2) is 48.9 Å². The quantitative estimate of drug-likeness (QED) is 0.210. The van der Waals surface area contributed by atoms with E-state index < -0.39 is 16.1 Å². The molecular weight excluding hydrogens is 544 g/mol. The van der Waals surface area contributed by atoms with Gasteiger partial charge in [-0.15, -0.1) is 0 Å². The van der Waals surface area contributed by atoms with E-state index in [1.807, 2.05) is 50.2 Å². The van der Waals surface area contributed by atoms with Crippen LogP contribution in [-0.2, 0) is 10.0 Å². The summed E-state index contributed by atoms with van der Waals surface area (Å²) >= 11 is 0. The molecule has 0 fully saturated rings. The van der Waals surface area contributed by atoms with Crippen LogP contribution in [0.25, 0.3) is 33.4 Å². The van der Waals surface area contributed by atoms with Crippen molar-refractivity contribution < 1.29 is 13.5 Å². The van der Waals surface area contributed by atoms with Crippen LogP contribution >= 0.6 is 0 Å². The van der Waals surface area contributed by atoms with Gasteiger partial charge in [0.15, 0.2) is 5.82 Å². The number of benzene rings is 2. The Morgan fingerprint density at radius 2 is 1.83 bits per heavy atom. The van der Waals surface area contributed by atoms with Crippen molar-refractivity contribution >= 4 is 38.1 Å². The number of hydrogen-bond acceptors (Lipinski definition) is 8. The first kappa shape index (κ1) is 26.1. The Hall–Kier alpha value is -5.17. The van der Waals surface area contributed by atoms with Gasteiger partial charge in [0.05, 0.1) is 23.4 Å². The van der Waals surface area contributed by atoms with E-state index in [-0.39, 0.29) is 11.3 Å². The van der Waals surface area contributed by atoms with E-state index in [9.17, 15) is 18.3 Å². The lowest BCUT2D eigenvalue weighted by molar-refractivity contribution is 0.477. The number of fused-ring (bicyclic) bond motifs is 2. The van der Waals surface area contributed by atoms with Crippen molar-refractivity contribution in [2.24, 2.45) is 0 Å². The molecule has 6 aromatic rings. The highest BCUT2D eigenvalue weighted by molar-refractivity contribution is 7.92. The second-order valence-electron chi connectivity index (χ2n) is 9.75. The highest BCUT2D eigenvalue weighted by Crippen LogP contribution is 2.39. The van der Waals surface area contributed by atoms with Crippen molar-refractivity contribution in [3.8, 4) is 22.6 Å². The molecule has 6 rings (SSSR count). The van der Waals surface area contributed by atoms with Crippen LogP contribution < -0.4 is 15.6 Å². The highest BCUT2D eigenvalue weighted by atomic mass is 32.2. The number of sulfonamides is 1. The number of aromatic hydroxyl groups is 1. The van der Waals surface area contributed by atoms with E-state index in [4.69, 9.17) is 5.10 Å². The van der Waals surface area contributed by atoms with Crippen LogP contribution in [0.3, 0.4) is 0 Å². The van der Waals surface area contributed by atoms with Gasteiger partial charge in [0, 0.05) is 29.2 Å². The largest absolute Gasteiger partial charge is 0.507 e. The molecule has 0 spiro atoms. The van der Waals surface area contributed by atoms with Gasteiger partial charge in [0.2, 0.25) is 10.0 Å². The molecule has 0 aliphatic carbocycles. The van der Waals surface area contributed by atoms with Crippen LogP contribution in [0.4, 0.5) is 11.5 Å². The van der Waals surface area contributed by atoms with Gasteiger partial charge in [0.25, 0.3) is 5.56 Å². The number of nitrogens with one attached hydrogen (secondary N) is 3. The molecule has 208 valence electrons. The first-order valence-electron chi connectivity index (χ1n) is 12.7. The predicted molar refractivity (Wildman–Crippen MR) is 157 cm³/mol. The third-order valence-corrected chi connectivity index (χ3v) is 7.33. The zero-order valence-corrected chi connectivity index (χ0v) is 23.1. The number of phenols is 1. The molecule has 0 saturated heterocycles. The molecule has 1 unspecified atom stereocenters. The molecule has 2 aromatic carbocycles. The maximum atomic E-state index is 13.7. The van der Waals surface area contributed by atoms with Crippen molar-refractivity contribution in [1.82, 2.24) is 29.1 Å². The van der Waals surface area contributed by atoms with Crippen LogP contribution in [0.1, 0.15) is 24.4 Å². The molecule has 41 heavy (non-hydrogen) atoms. The topological polar surface area (TPSA) is 159 Å². The molecule has 0 bridgehead atoms. The molecular formula is C28H26N8O4S. The molecule has 4 heterocycles. The smallest absolute Gasteiger partial charge is 0.282 e. The number of H-pyrrole nitrogens is 1. The molecule has 1 atom stereocenters. The van der Waals surface area contributed by atoms with Crippen LogP contribution in [0.15, 0.2) is 78.1 Å². The second kappa shape index (κ2) is 9.78. The van der Waals surface area contributed by atoms with Gasteiger partial charge in [-0.05, 0) is 55.8 Å². The Kier molecular flexibility index (Phi) is 6.22. The summed E-state index contributed by atoms with van der Waals surface area (Å²) in [7, 11) is -3.53. The second-order valence-corrected chi connectivity index (χ2v) is 11.5. The number of phenolic OH excluding ortho intramolecular Hbond substituents is 1. The van der Waals surface area contributed by atoms with Crippen LogP contribution in [0, 0.1) is 6.92 Å². The minimum Gasteiger partial charge on any atom is -0.507 e. The Balaban J connectivity index is 1.48. The van der Waals surface area contributed by atoms with E-state index in [0.29, 0.717) is 50.7 Å². The average Bonchev–Trinajstić information content (AvgIpc) is 3.53. The number of aromatic amines is 1. The van der Waals surface area contributed by atoms with Crippen molar-refractivity contribution in [3.63, 3.8) is 0 Å². The number of hydrogen-bond donors (Lipinski definition) is 4. The fourth-order valence-electron chi connectivity index (χ4n) is 4.92. The molecule has 0 saturated carbocycles. The van der Waals surface area contributed by atoms with Gasteiger partial charge in [-0.25, -0.2) is 22.9 Å². The molecule has 13 heteroatoms. The molecule has 4 aromatic heterocycles. The Labute approximate surface area is 234 Å². The van der Waals surface area contributed by atoms with Crippen LogP contribution in [0.2, 0.25) is 0 Å². The number of rotatable bonds is 7. The number of aromatic nitrogens is 6. The van der Waals surface area contributed by atoms with Gasteiger partial charge in [-0.3, -0.25) is 14.1 Å². The van der Waals surface area contributed by atoms with Crippen LogP contribution in [0.5, 0.6) is 5.75 Å². The molecule has 0 radical (unpaired) electrons. The van der Waals surface area contributed by atoms with E-state index in [1.54, 1.807) is 21.5 Å². The summed E-state index contributed by atoms with van der Waals surface area (Å²) in [5.41, 5.74) is 3.49. The maximum absolute atomic E-state index is 13.7. The number of aryl methyl sites for hydroxylation is 1. The summed E-state index contributed by atoms with van der Waals surface area (Å²) in [6.45, 7) is 3.74. The summed E-state index contributed by atoms with van der Waals surface area (Å²) in [4.78, 5) is 25.6. The fourth-order valence-corrected chi connectivity index (χ4v) is 5.48. The first-order chi connectivity index (χ1) is 19.6. The van der Waals surface area contributed by atoms with E-state index in [2.05, 4.69) is 25.0 Å². The summed E-state index contributed by atoms with van der Waals surface area (Å²) < 4.78 is 29.2. The zero-order chi connectivity index (χ0) is 28.9. The lowest BCUT2D eigenvalue weighted by Gasteiger charge is -2.20.